The molecule has 0 spiro atoms. The van der Waals surface area contributed by atoms with Gasteiger partial charge in [0.2, 0.25) is 5.91 Å². The van der Waals surface area contributed by atoms with E-state index in [9.17, 15) is 14.7 Å². The van der Waals surface area contributed by atoms with Gasteiger partial charge in [0.05, 0.1) is 5.69 Å². The van der Waals surface area contributed by atoms with E-state index < -0.39 is 0 Å². The first kappa shape index (κ1) is 19.6. The number of carbonyl (C=O) groups is 2. The Morgan fingerprint density at radius 3 is 2.63 bits per heavy atom. The van der Waals surface area contributed by atoms with E-state index in [1.54, 1.807) is 29.4 Å². The number of pyridine rings is 1. The normalized spacial score (nSPS) is 12.5. The second-order valence-corrected chi connectivity index (χ2v) is 7.23. The highest BCUT2D eigenvalue weighted by molar-refractivity contribution is 5.97. The van der Waals surface area contributed by atoms with Gasteiger partial charge in [0.25, 0.3) is 5.91 Å². The van der Waals surface area contributed by atoms with Gasteiger partial charge in [-0.3, -0.25) is 14.6 Å². The van der Waals surface area contributed by atoms with Crippen molar-refractivity contribution in [1.82, 2.24) is 10.3 Å². The average Bonchev–Trinajstić information content (AvgIpc) is 3.23. The average molecular weight is 401 g/mol. The van der Waals surface area contributed by atoms with Gasteiger partial charge in [-0.05, 0) is 47.9 Å². The number of phenols is 1. The zero-order valence-corrected chi connectivity index (χ0v) is 16.8. The summed E-state index contributed by atoms with van der Waals surface area (Å²) in [5.74, 6) is 0.0903. The molecule has 2 amide bonds. The summed E-state index contributed by atoms with van der Waals surface area (Å²) in [5.41, 5.74) is 4.58. The summed E-state index contributed by atoms with van der Waals surface area (Å²) in [6.07, 6.45) is 4.48. The van der Waals surface area contributed by atoms with E-state index in [-0.39, 0.29) is 17.6 Å². The largest absolute Gasteiger partial charge is 0.507 e. The molecule has 6 heteroatoms. The van der Waals surface area contributed by atoms with Crippen molar-refractivity contribution in [3.8, 4) is 16.9 Å². The van der Waals surface area contributed by atoms with Gasteiger partial charge in [-0.2, -0.15) is 0 Å². The number of hydrogen-bond acceptors (Lipinski definition) is 4. The lowest BCUT2D eigenvalue weighted by Crippen LogP contribution is -2.27. The minimum Gasteiger partial charge on any atom is -0.507 e. The van der Waals surface area contributed by atoms with Crippen molar-refractivity contribution in [2.75, 3.05) is 11.4 Å². The minimum absolute atomic E-state index is 0.0579. The molecule has 0 aliphatic carbocycles. The van der Waals surface area contributed by atoms with Crippen molar-refractivity contribution in [2.24, 2.45) is 0 Å². The van der Waals surface area contributed by atoms with Crippen LogP contribution in [0.2, 0.25) is 0 Å². The molecule has 0 saturated carbocycles. The van der Waals surface area contributed by atoms with Gasteiger partial charge in [-0.25, -0.2) is 0 Å². The van der Waals surface area contributed by atoms with Gasteiger partial charge in [-0.15, -0.1) is 0 Å². The number of benzene rings is 2. The van der Waals surface area contributed by atoms with Gasteiger partial charge < -0.3 is 15.3 Å². The van der Waals surface area contributed by atoms with Crippen LogP contribution in [0.1, 0.15) is 34.8 Å². The zero-order chi connectivity index (χ0) is 21.1. The highest BCUT2D eigenvalue weighted by atomic mass is 16.3. The van der Waals surface area contributed by atoms with E-state index in [2.05, 4.69) is 10.3 Å². The van der Waals surface area contributed by atoms with E-state index in [1.807, 2.05) is 43.3 Å². The first-order valence-corrected chi connectivity index (χ1v) is 10.0. The molecule has 0 atom stereocenters. The van der Waals surface area contributed by atoms with E-state index in [1.165, 1.54) is 0 Å². The topological polar surface area (TPSA) is 82.5 Å². The van der Waals surface area contributed by atoms with Gasteiger partial charge >= 0.3 is 0 Å². The van der Waals surface area contributed by atoms with Crippen LogP contribution < -0.4 is 10.2 Å². The van der Waals surface area contributed by atoms with Gasteiger partial charge in [-0.1, -0.05) is 25.1 Å². The Kier molecular flexibility index (Phi) is 5.48. The number of aromatic nitrogens is 1. The number of carbonyl (C=O) groups excluding carboxylic acids is 2. The van der Waals surface area contributed by atoms with Crippen molar-refractivity contribution in [3.05, 3.63) is 77.6 Å². The molecule has 0 radical (unpaired) electrons. The fraction of sp³-hybridized carbons (Fsp3) is 0.208. The van der Waals surface area contributed by atoms with E-state index in [0.717, 1.165) is 22.4 Å². The number of hydrogen-bond donors (Lipinski definition) is 2. The second kappa shape index (κ2) is 8.37. The number of rotatable bonds is 5. The predicted octanol–water partition coefficient (Wildman–Crippen LogP) is 3.68. The van der Waals surface area contributed by atoms with Crippen LogP contribution in [0.5, 0.6) is 5.75 Å². The minimum atomic E-state index is -0.169. The maximum Gasteiger partial charge on any atom is 0.251 e. The summed E-state index contributed by atoms with van der Waals surface area (Å²) in [6, 6.07) is 14.6. The lowest BCUT2D eigenvalue weighted by molar-refractivity contribution is -0.118. The Hall–Kier alpha value is -3.67. The number of amides is 2. The third-order valence-electron chi connectivity index (χ3n) is 5.37. The Labute approximate surface area is 175 Å². The van der Waals surface area contributed by atoms with Gasteiger partial charge in [0.15, 0.2) is 0 Å². The maximum atomic E-state index is 12.4. The summed E-state index contributed by atoms with van der Waals surface area (Å²) in [4.78, 5) is 30.3. The molecule has 4 rings (SSSR count). The van der Waals surface area contributed by atoms with Crippen LogP contribution in [0.3, 0.4) is 0 Å². The molecule has 152 valence electrons. The second-order valence-electron chi connectivity index (χ2n) is 7.23. The first-order valence-electron chi connectivity index (χ1n) is 10.0. The van der Waals surface area contributed by atoms with E-state index in [4.69, 9.17) is 0 Å². The molecule has 1 aliphatic rings. The predicted molar refractivity (Wildman–Crippen MR) is 115 cm³/mol. The molecule has 0 fully saturated rings. The fourth-order valence-electron chi connectivity index (χ4n) is 3.74. The third kappa shape index (κ3) is 3.76. The summed E-state index contributed by atoms with van der Waals surface area (Å²) < 4.78 is 0. The van der Waals surface area contributed by atoms with E-state index in [0.29, 0.717) is 37.1 Å². The lowest BCUT2D eigenvalue weighted by atomic mass is 9.98. The molecule has 0 saturated heterocycles. The van der Waals surface area contributed by atoms with E-state index >= 15 is 0 Å². The van der Waals surface area contributed by atoms with Crippen LogP contribution in [-0.4, -0.2) is 28.4 Å². The monoisotopic (exact) mass is 401 g/mol. The molecule has 6 nitrogen and oxygen atoms in total. The Balaban J connectivity index is 1.50. The zero-order valence-electron chi connectivity index (χ0n) is 16.8. The molecular weight excluding hydrogens is 378 g/mol. The Morgan fingerprint density at radius 1 is 1.13 bits per heavy atom. The quantitative estimate of drug-likeness (QED) is 0.683. The molecule has 0 unspecified atom stereocenters. The highest BCUT2D eigenvalue weighted by Crippen LogP contribution is 2.41. The van der Waals surface area contributed by atoms with Crippen LogP contribution in [0.25, 0.3) is 11.1 Å². The molecule has 2 N–H and O–H groups in total. The number of fused-ring (bicyclic) bond motifs is 1. The van der Waals surface area contributed by atoms with Crippen LogP contribution in [-0.2, 0) is 17.8 Å². The van der Waals surface area contributed by atoms with Crippen LogP contribution >= 0.6 is 0 Å². The molecule has 2 heterocycles. The molecule has 30 heavy (non-hydrogen) atoms. The highest BCUT2D eigenvalue weighted by Gasteiger charge is 2.27. The molecule has 1 aromatic heterocycles. The molecule has 1 aliphatic heterocycles. The first-order chi connectivity index (χ1) is 14.6. The van der Waals surface area contributed by atoms with Crippen LogP contribution in [0, 0.1) is 0 Å². The van der Waals surface area contributed by atoms with Crippen molar-refractivity contribution < 1.29 is 14.7 Å². The lowest BCUT2D eigenvalue weighted by Gasteiger charge is -2.17. The van der Waals surface area contributed by atoms with Crippen molar-refractivity contribution in [1.29, 1.82) is 0 Å². The van der Waals surface area contributed by atoms with Crippen molar-refractivity contribution >= 4 is 17.5 Å². The SMILES string of the molecule is CCC(=O)N1CCc2c1ccc(-c1ccc(C(=O)NCc3cccnc3)cc1)c2O. The summed E-state index contributed by atoms with van der Waals surface area (Å²) in [5, 5.41) is 13.7. The number of nitrogens with one attached hydrogen (secondary N) is 1. The standard InChI is InChI=1S/C24H23N3O3/c1-2-22(28)27-13-11-20-21(27)10-9-19(23(20)29)17-5-7-18(8-6-17)24(30)26-15-16-4-3-12-25-14-16/h3-10,12,14,29H,2,11,13,15H2,1H3,(H,26,30). The third-order valence-corrected chi connectivity index (χ3v) is 5.37. The number of aromatic hydroxyl groups is 1. The maximum absolute atomic E-state index is 12.4. The molecular formula is C24H23N3O3. The fourth-order valence-corrected chi connectivity index (χ4v) is 3.74. The number of nitrogens with zero attached hydrogens (tertiary/aromatic N) is 2. The molecule has 3 aromatic rings. The number of phenolic OH excluding ortho intramolecular Hbond substituents is 1. The van der Waals surface area contributed by atoms with Crippen molar-refractivity contribution in [3.63, 3.8) is 0 Å². The molecule has 2 aromatic carbocycles. The van der Waals surface area contributed by atoms with Gasteiger partial charge in [0.1, 0.15) is 5.75 Å². The summed E-state index contributed by atoms with van der Waals surface area (Å²) in [6.45, 7) is 2.84. The Morgan fingerprint density at radius 2 is 1.93 bits per heavy atom. The number of anilines is 1. The van der Waals surface area contributed by atoms with Crippen LogP contribution in [0.15, 0.2) is 60.9 Å². The summed E-state index contributed by atoms with van der Waals surface area (Å²) in [7, 11) is 0. The van der Waals surface area contributed by atoms with Crippen molar-refractivity contribution in [2.45, 2.75) is 26.3 Å². The smallest absolute Gasteiger partial charge is 0.251 e. The molecule has 0 bridgehead atoms. The summed E-state index contributed by atoms with van der Waals surface area (Å²) >= 11 is 0. The van der Waals surface area contributed by atoms with Crippen LogP contribution in [0.4, 0.5) is 5.69 Å². The Bertz CT molecular complexity index is 1080. The van der Waals surface area contributed by atoms with Gasteiger partial charge in [0, 0.05) is 48.6 Å².